The Morgan fingerprint density at radius 3 is 1.21 bits per heavy atom. The van der Waals surface area contributed by atoms with Crippen molar-refractivity contribution in [2.45, 2.75) is 324 Å². The highest BCUT2D eigenvalue weighted by atomic mass is 16.8. The van der Waals surface area contributed by atoms with Gasteiger partial charge in [0.1, 0.15) is 61.0 Å². The van der Waals surface area contributed by atoms with Gasteiger partial charge in [0.25, 0.3) is 0 Å². The zero-order valence-electron chi connectivity index (χ0n) is 44.5. The fraction of sp³-hybridized carbons (Fsp3) is 0.982. The predicted octanol–water partition coefficient (Wildman–Crippen LogP) is 6.89. The Hall–Kier alpha value is -1.09. The molecule has 0 bridgehead atoms. The average Bonchev–Trinajstić information content (AvgIpc) is 3.37. The summed E-state index contributed by atoms with van der Waals surface area (Å²) in [6.07, 6.45) is 19.1. The van der Waals surface area contributed by atoms with E-state index in [1.54, 1.807) is 0 Å². The second-order valence-electron chi connectivity index (χ2n) is 21.1. The molecule has 0 saturated carbocycles. The third-order valence-electron chi connectivity index (χ3n) is 14.8. The van der Waals surface area contributed by atoms with Crippen molar-refractivity contribution in [3.8, 4) is 0 Å². The summed E-state index contributed by atoms with van der Waals surface area (Å²) in [6, 6.07) is -1.31. The van der Waals surface area contributed by atoms with E-state index < -0.39 is 111 Å². The topological polar surface area (TPSA) is 268 Å². The van der Waals surface area contributed by atoms with Crippen LogP contribution in [0.2, 0.25) is 0 Å². The minimum absolute atomic E-state index is 0.193. The van der Waals surface area contributed by atoms with Crippen LogP contribution in [-0.2, 0) is 23.7 Å². The standard InChI is InChI=1S/C55H107NO15/c1-3-5-7-9-11-13-15-17-19-20-21-23-25-27-29-31-33-35-37-43(60)53(67)56-41(46(61)42(59)36-34-32-30-28-26-24-22-18-16-14-12-10-8-6-4-2)40-68-55-52(50(65)48(63)45(39-58)70-55)71-54-51(66)49(64)47(62)44(38-57)69-54/h41-52,54-55,57-66H,3-40H2,1-2H3,(H,56,67)/t41-,42+,43+,44+,45+,46-,47+,48-,49-,50-,51+,52+,54+,55-/m0/s1. The Morgan fingerprint density at radius 1 is 0.465 bits per heavy atom. The second-order valence-corrected chi connectivity index (χ2v) is 21.1. The molecule has 2 aliphatic heterocycles. The molecular weight excluding hydrogens is 915 g/mol. The molecule has 16 heteroatoms. The molecule has 2 rings (SSSR count). The van der Waals surface area contributed by atoms with E-state index in [1.165, 1.54) is 148 Å². The van der Waals surface area contributed by atoms with Gasteiger partial charge in [0.05, 0.1) is 32.0 Å². The molecule has 0 unspecified atom stereocenters. The minimum Gasteiger partial charge on any atom is -0.394 e. The quantitative estimate of drug-likeness (QED) is 0.0277. The number of nitrogens with one attached hydrogen (secondary N) is 1. The maximum absolute atomic E-state index is 13.4. The first-order valence-electron chi connectivity index (χ1n) is 29.0. The molecule has 422 valence electrons. The van der Waals surface area contributed by atoms with Crippen molar-refractivity contribution in [3.05, 3.63) is 0 Å². The summed E-state index contributed by atoms with van der Waals surface area (Å²) in [7, 11) is 0. The van der Waals surface area contributed by atoms with Crippen LogP contribution >= 0.6 is 0 Å². The molecule has 0 aromatic carbocycles. The van der Waals surface area contributed by atoms with E-state index in [2.05, 4.69) is 19.2 Å². The lowest BCUT2D eigenvalue weighted by molar-refractivity contribution is -0.368. The molecule has 0 radical (unpaired) electrons. The normalized spacial score (nSPS) is 26.6. The largest absolute Gasteiger partial charge is 0.394 e. The van der Waals surface area contributed by atoms with Crippen LogP contribution in [0.4, 0.5) is 0 Å². The van der Waals surface area contributed by atoms with Crippen molar-refractivity contribution in [2.75, 3.05) is 19.8 Å². The van der Waals surface area contributed by atoms with E-state index in [-0.39, 0.29) is 12.8 Å². The average molecular weight is 1020 g/mol. The van der Waals surface area contributed by atoms with E-state index in [9.17, 15) is 55.9 Å². The summed E-state index contributed by atoms with van der Waals surface area (Å²) in [5.74, 6) is -0.772. The van der Waals surface area contributed by atoms with Crippen molar-refractivity contribution in [3.63, 3.8) is 0 Å². The van der Waals surface area contributed by atoms with Gasteiger partial charge in [0, 0.05) is 0 Å². The number of hydrogen-bond donors (Lipinski definition) is 11. The summed E-state index contributed by atoms with van der Waals surface area (Å²) >= 11 is 0. The molecule has 0 spiro atoms. The lowest BCUT2D eigenvalue weighted by Crippen LogP contribution is -2.65. The summed E-state index contributed by atoms with van der Waals surface area (Å²) in [5, 5.41) is 109. The molecule has 1 amide bonds. The summed E-state index contributed by atoms with van der Waals surface area (Å²) in [5.41, 5.74) is 0. The molecule has 2 heterocycles. The maximum atomic E-state index is 13.4. The summed E-state index contributed by atoms with van der Waals surface area (Å²) < 4.78 is 22.9. The second kappa shape index (κ2) is 42.1. The van der Waals surface area contributed by atoms with Crippen molar-refractivity contribution in [2.24, 2.45) is 0 Å². The molecule has 0 aromatic heterocycles. The van der Waals surface area contributed by atoms with Gasteiger partial charge in [-0.3, -0.25) is 4.79 Å². The number of carbonyl (C=O) groups is 1. The number of aliphatic hydroxyl groups is 10. The molecule has 2 saturated heterocycles. The van der Waals surface area contributed by atoms with Crippen LogP contribution in [0.3, 0.4) is 0 Å². The fourth-order valence-corrected chi connectivity index (χ4v) is 9.91. The Labute approximate surface area is 429 Å². The first kappa shape index (κ1) is 66.0. The van der Waals surface area contributed by atoms with Crippen molar-refractivity contribution >= 4 is 5.91 Å². The monoisotopic (exact) mass is 1020 g/mol. The predicted molar refractivity (Wildman–Crippen MR) is 275 cm³/mol. The van der Waals surface area contributed by atoms with Crippen LogP contribution in [-0.4, -0.2) is 163 Å². The highest BCUT2D eigenvalue weighted by molar-refractivity contribution is 5.80. The Morgan fingerprint density at radius 2 is 0.817 bits per heavy atom. The zero-order chi connectivity index (χ0) is 52.1. The minimum atomic E-state index is -1.87. The summed E-state index contributed by atoms with van der Waals surface area (Å²) in [6.45, 7) is 2.43. The molecule has 11 N–H and O–H groups in total. The molecule has 14 atom stereocenters. The first-order valence-corrected chi connectivity index (χ1v) is 29.0. The van der Waals surface area contributed by atoms with Crippen LogP contribution in [0.15, 0.2) is 0 Å². The van der Waals surface area contributed by atoms with Gasteiger partial charge in [-0.15, -0.1) is 0 Å². The Bertz CT molecular complexity index is 1240. The number of hydrogen-bond acceptors (Lipinski definition) is 15. The molecule has 0 aromatic rings. The highest BCUT2D eigenvalue weighted by Gasteiger charge is 2.51. The number of rotatable bonds is 46. The number of unbranched alkanes of at least 4 members (excludes halogenated alkanes) is 31. The summed E-state index contributed by atoms with van der Waals surface area (Å²) in [4.78, 5) is 13.4. The smallest absolute Gasteiger partial charge is 0.249 e. The molecule has 2 aliphatic rings. The lowest BCUT2D eigenvalue weighted by Gasteiger charge is -2.46. The third kappa shape index (κ3) is 28.0. The van der Waals surface area contributed by atoms with Gasteiger partial charge in [-0.05, 0) is 12.8 Å². The molecule has 71 heavy (non-hydrogen) atoms. The maximum Gasteiger partial charge on any atom is 0.249 e. The van der Waals surface area contributed by atoms with Crippen LogP contribution < -0.4 is 5.32 Å². The van der Waals surface area contributed by atoms with Gasteiger partial charge < -0.3 is 75.3 Å². The van der Waals surface area contributed by atoms with Gasteiger partial charge in [0.15, 0.2) is 12.6 Å². The van der Waals surface area contributed by atoms with Gasteiger partial charge >= 0.3 is 0 Å². The van der Waals surface area contributed by atoms with Crippen LogP contribution in [0, 0.1) is 0 Å². The molecule has 2 fully saturated rings. The van der Waals surface area contributed by atoms with Crippen LogP contribution in [0.25, 0.3) is 0 Å². The number of aliphatic hydroxyl groups excluding tert-OH is 10. The van der Waals surface area contributed by atoms with E-state index >= 15 is 0 Å². The molecular formula is C55H107NO15. The van der Waals surface area contributed by atoms with Crippen molar-refractivity contribution in [1.29, 1.82) is 0 Å². The van der Waals surface area contributed by atoms with Crippen molar-refractivity contribution in [1.82, 2.24) is 5.32 Å². The van der Waals surface area contributed by atoms with E-state index in [0.29, 0.717) is 12.8 Å². The lowest BCUT2D eigenvalue weighted by atomic mass is 9.97. The van der Waals surface area contributed by atoms with Crippen LogP contribution in [0.5, 0.6) is 0 Å². The molecule has 0 aliphatic carbocycles. The fourth-order valence-electron chi connectivity index (χ4n) is 9.91. The Balaban J connectivity index is 1.90. The number of ether oxygens (including phenoxy) is 4. The zero-order valence-corrected chi connectivity index (χ0v) is 44.5. The van der Waals surface area contributed by atoms with E-state index in [1.807, 2.05) is 0 Å². The van der Waals surface area contributed by atoms with Gasteiger partial charge in [0.2, 0.25) is 5.91 Å². The van der Waals surface area contributed by atoms with Gasteiger partial charge in [-0.2, -0.15) is 0 Å². The van der Waals surface area contributed by atoms with Crippen molar-refractivity contribution < 1.29 is 74.8 Å². The molecule has 16 nitrogen and oxygen atoms in total. The SMILES string of the molecule is CCCCCCCCCCCCCCCCCCCC[C@@H](O)C(=O)N[C@@H](CO[C@H]1O[C@H](CO)[C@H](O)[C@H](O)[C@H]1O[C@H]1O[C@H](CO)[C@@H](O)[C@H](O)[C@H]1O)[C@H](O)[C@H](O)CCCCCCCCCCCCCCCCC. The third-order valence-corrected chi connectivity index (χ3v) is 14.8. The van der Waals surface area contributed by atoms with Gasteiger partial charge in [-0.25, -0.2) is 0 Å². The van der Waals surface area contributed by atoms with E-state index in [0.717, 1.165) is 51.4 Å². The van der Waals surface area contributed by atoms with Crippen LogP contribution in [0.1, 0.15) is 239 Å². The number of amides is 1. The number of carbonyl (C=O) groups excluding carboxylic acids is 1. The highest BCUT2D eigenvalue weighted by Crippen LogP contribution is 2.30. The Kier molecular flexibility index (Phi) is 39.1. The first-order chi connectivity index (χ1) is 34.4. The van der Waals surface area contributed by atoms with E-state index in [4.69, 9.17) is 18.9 Å². The van der Waals surface area contributed by atoms with Gasteiger partial charge in [-0.1, -0.05) is 226 Å².